The molecule has 0 heterocycles. The molecule has 0 aliphatic heterocycles. The van der Waals surface area contributed by atoms with Crippen LogP contribution in [0.25, 0.3) is 34.4 Å². The minimum Gasteiger partial charge on any atom is -0.0679 e. The number of fused-ring (bicyclic) bond motifs is 2. The Morgan fingerprint density at radius 2 is 0.836 bits per heavy atom. The molecule has 2 fully saturated rings. The first-order valence-electron chi connectivity index (χ1n) is 22.2. The summed E-state index contributed by atoms with van der Waals surface area (Å²) in [5, 5.41) is 0. The van der Waals surface area contributed by atoms with Crippen LogP contribution >= 0.6 is 0 Å². The van der Waals surface area contributed by atoms with Gasteiger partial charge in [0.15, 0.2) is 0 Å². The number of rotatable bonds is 8. The second kappa shape index (κ2) is 15.2. The van der Waals surface area contributed by atoms with Crippen LogP contribution in [0, 0.1) is 11.8 Å². The predicted octanol–water partition coefficient (Wildman–Crippen LogP) is 16.0. The first-order valence-corrected chi connectivity index (χ1v) is 25.3. The Labute approximate surface area is 336 Å². The Morgan fingerprint density at radius 3 is 1.18 bits per heavy atom. The van der Waals surface area contributed by atoms with Crippen LogP contribution in [0.15, 0.2) is 96.1 Å². The van der Waals surface area contributed by atoms with Crippen LogP contribution in [0.4, 0.5) is 0 Å². The van der Waals surface area contributed by atoms with E-state index in [9.17, 15) is 0 Å². The maximum absolute atomic E-state index is 2.80. The largest absolute Gasteiger partial charge is 0.0722 e. The molecule has 4 aliphatic carbocycles. The molecule has 288 valence electrons. The molecule has 2 saturated carbocycles. The molecule has 4 aromatic carbocycles. The molecular weight excluding hydrogens is 677 g/mol. The lowest BCUT2D eigenvalue weighted by molar-refractivity contribution is 0.353. The van der Waals surface area contributed by atoms with Crippen LogP contribution in [0.5, 0.6) is 0 Å². The van der Waals surface area contributed by atoms with Crippen LogP contribution in [-0.4, -0.2) is 8.07 Å². The Balaban J connectivity index is 1.24. The Kier molecular flexibility index (Phi) is 10.6. The van der Waals surface area contributed by atoms with E-state index in [1.165, 1.54) is 122 Å². The summed E-state index contributed by atoms with van der Waals surface area (Å²) in [6.45, 7) is 19.5. The van der Waals surface area contributed by atoms with Gasteiger partial charge in [0.25, 0.3) is 0 Å². The van der Waals surface area contributed by atoms with Crippen molar-refractivity contribution in [3.8, 4) is 22.3 Å². The van der Waals surface area contributed by atoms with E-state index in [0.29, 0.717) is 11.1 Å². The molecule has 0 saturated heterocycles. The van der Waals surface area contributed by atoms with Gasteiger partial charge in [0.2, 0.25) is 0 Å². The van der Waals surface area contributed by atoms with Gasteiger partial charge in [-0.05, 0) is 91.1 Å². The third-order valence-electron chi connectivity index (χ3n) is 14.4. The standard InChI is InChI=1S/C54H68Si/c1-53(2,3)43-29-25-39(26-30-43)45-21-15-23-47-49(45)35-41(33-37-17-11-9-12-18-37)51(47)55(7,8)52-42(34-38-19-13-10-14-20-38)36-50-46(22-16-24-48(50)52)40-27-31-44(32-28-40)54(4,5)6/h15-16,21-32,35-38,51-52H,9-14,17-20,33-34H2,1-8H3. The maximum atomic E-state index is 2.80. The van der Waals surface area contributed by atoms with Gasteiger partial charge in [0.1, 0.15) is 0 Å². The average molecular weight is 745 g/mol. The van der Waals surface area contributed by atoms with E-state index in [1.807, 2.05) is 0 Å². The fourth-order valence-corrected chi connectivity index (χ4v) is 16.2. The molecule has 0 aromatic heterocycles. The zero-order chi connectivity index (χ0) is 38.5. The van der Waals surface area contributed by atoms with E-state index < -0.39 is 8.07 Å². The highest BCUT2D eigenvalue weighted by atomic mass is 28.3. The van der Waals surface area contributed by atoms with Crippen molar-refractivity contribution in [3.05, 3.63) is 129 Å². The van der Waals surface area contributed by atoms with E-state index >= 15 is 0 Å². The summed E-state index contributed by atoms with van der Waals surface area (Å²) in [6, 6.07) is 33.8. The van der Waals surface area contributed by atoms with Gasteiger partial charge in [-0.2, -0.15) is 0 Å². The van der Waals surface area contributed by atoms with E-state index in [4.69, 9.17) is 0 Å². The smallest absolute Gasteiger partial charge is 0.0679 e. The fraction of sp³-hybridized carbons (Fsp3) is 0.481. The van der Waals surface area contributed by atoms with Crippen molar-refractivity contribution in [2.45, 2.75) is 154 Å². The van der Waals surface area contributed by atoms with Crippen LogP contribution in [0.2, 0.25) is 13.1 Å². The number of hydrogen-bond donors (Lipinski definition) is 0. The zero-order valence-electron chi connectivity index (χ0n) is 35.5. The minimum atomic E-state index is -2.09. The molecule has 2 atom stereocenters. The maximum Gasteiger partial charge on any atom is 0.0722 e. The summed E-state index contributed by atoms with van der Waals surface area (Å²) in [5.41, 5.74) is 19.6. The quantitative estimate of drug-likeness (QED) is 0.158. The highest BCUT2D eigenvalue weighted by molar-refractivity contribution is 6.81. The normalized spacial score (nSPS) is 20.9. The highest BCUT2D eigenvalue weighted by Crippen LogP contribution is 2.57. The van der Waals surface area contributed by atoms with Crippen molar-refractivity contribution < 1.29 is 0 Å². The van der Waals surface area contributed by atoms with Crippen LogP contribution < -0.4 is 0 Å². The van der Waals surface area contributed by atoms with Crippen LogP contribution in [-0.2, 0) is 10.8 Å². The first-order chi connectivity index (χ1) is 26.3. The van der Waals surface area contributed by atoms with Gasteiger partial charge < -0.3 is 0 Å². The summed E-state index contributed by atoms with van der Waals surface area (Å²) in [7, 11) is -2.09. The van der Waals surface area contributed by atoms with Gasteiger partial charge in [0, 0.05) is 11.1 Å². The molecular formula is C54H68Si. The minimum absolute atomic E-state index is 0.154. The summed E-state index contributed by atoms with van der Waals surface area (Å²) >= 11 is 0. The van der Waals surface area contributed by atoms with E-state index in [-0.39, 0.29) is 10.8 Å². The van der Waals surface area contributed by atoms with Crippen LogP contribution in [0.3, 0.4) is 0 Å². The third-order valence-corrected chi connectivity index (χ3v) is 18.8. The van der Waals surface area contributed by atoms with Crippen molar-refractivity contribution in [1.82, 2.24) is 0 Å². The van der Waals surface area contributed by atoms with Crippen molar-refractivity contribution in [2.75, 3.05) is 0 Å². The van der Waals surface area contributed by atoms with Gasteiger partial charge in [-0.1, -0.05) is 227 Å². The average Bonchev–Trinajstić information content (AvgIpc) is 3.74. The molecule has 8 rings (SSSR count). The Hall–Kier alpha value is -3.42. The van der Waals surface area contributed by atoms with E-state index in [2.05, 4.69) is 152 Å². The number of allylic oxidation sites excluding steroid dienone is 2. The monoisotopic (exact) mass is 745 g/mol. The van der Waals surface area contributed by atoms with E-state index in [1.54, 1.807) is 22.3 Å². The molecule has 0 amide bonds. The van der Waals surface area contributed by atoms with Gasteiger partial charge in [-0.15, -0.1) is 0 Å². The first kappa shape index (κ1) is 38.5. The molecule has 0 N–H and O–H groups in total. The summed E-state index contributed by atoms with van der Waals surface area (Å²) in [4.78, 5) is 0. The SMILES string of the molecule is CC(C)(C)c1ccc(-c2cccc3c2C=C(CC2CCCCC2)C3[Si](C)(C)C2C(CC3CCCCC3)=Cc3c(-c4ccc(C(C)(C)C)cc4)cccc32)cc1. The molecule has 1 heteroatoms. The van der Waals surface area contributed by atoms with Crippen molar-refractivity contribution in [1.29, 1.82) is 0 Å². The molecule has 4 aliphatic rings. The predicted molar refractivity (Wildman–Crippen MR) is 242 cm³/mol. The Morgan fingerprint density at radius 1 is 0.473 bits per heavy atom. The number of hydrogen-bond acceptors (Lipinski definition) is 0. The molecule has 0 nitrogen and oxygen atoms in total. The zero-order valence-corrected chi connectivity index (χ0v) is 36.5. The van der Waals surface area contributed by atoms with Crippen molar-refractivity contribution in [2.24, 2.45) is 11.8 Å². The second-order valence-electron chi connectivity index (χ2n) is 20.8. The molecule has 0 spiro atoms. The van der Waals surface area contributed by atoms with E-state index in [0.717, 1.165) is 11.8 Å². The Bertz CT molecular complexity index is 1890. The van der Waals surface area contributed by atoms with Gasteiger partial charge >= 0.3 is 0 Å². The van der Waals surface area contributed by atoms with Crippen LogP contribution in [0.1, 0.15) is 163 Å². The highest BCUT2D eigenvalue weighted by Gasteiger charge is 2.49. The lowest BCUT2D eigenvalue weighted by Crippen LogP contribution is -2.43. The second-order valence-corrected chi connectivity index (χ2v) is 25.6. The van der Waals surface area contributed by atoms with Gasteiger partial charge in [-0.3, -0.25) is 0 Å². The topological polar surface area (TPSA) is 0 Å². The van der Waals surface area contributed by atoms with Crippen molar-refractivity contribution >= 4 is 20.2 Å². The number of benzene rings is 4. The molecule has 4 aromatic rings. The summed E-state index contributed by atoms with van der Waals surface area (Å²) in [6.07, 6.45) is 22.1. The lowest BCUT2D eigenvalue weighted by Gasteiger charge is -2.41. The molecule has 2 unspecified atom stereocenters. The molecule has 55 heavy (non-hydrogen) atoms. The van der Waals surface area contributed by atoms with Crippen molar-refractivity contribution in [3.63, 3.8) is 0 Å². The summed E-state index contributed by atoms with van der Waals surface area (Å²) < 4.78 is 0. The fourth-order valence-electron chi connectivity index (χ4n) is 11.5. The third kappa shape index (κ3) is 7.69. The van der Waals surface area contributed by atoms with Gasteiger partial charge in [0.05, 0.1) is 8.07 Å². The lowest BCUT2D eigenvalue weighted by atomic mass is 9.84. The van der Waals surface area contributed by atoms with Gasteiger partial charge in [-0.25, -0.2) is 0 Å². The molecule has 0 bridgehead atoms. The molecule has 0 radical (unpaired) electrons. The summed E-state index contributed by atoms with van der Waals surface area (Å²) in [5.74, 6) is 1.65.